The Morgan fingerprint density at radius 3 is 2.00 bits per heavy atom. The van der Waals surface area contributed by atoms with Crippen LogP contribution in [0.2, 0.25) is 32.2 Å². The summed E-state index contributed by atoms with van der Waals surface area (Å²) in [7, 11) is -8.45. The van der Waals surface area contributed by atoms with Crippen molar-refractivity contribution in [3.63, 3.8) is 0 Å². The molecule has 1 rings (SSSR count). The molecule has 1 amide bonds. The Bertz CT molecular complexity index is 477. The first kappa shape index (κ1) is 23.8. The lowest BCUT2D eigenvalue weighted by molar-refractivity contribution is -0.381. The van der Waals surface area contributed by atoms with Gasteiger partial charge in [0.1, 0.15) is 0 Å². The Labute approximate surface area is 153 Å². The van der Waals surface area contributed by atoms with Gasteiger partial charge < -0.3 is 21.8 Å². The maximum absolute atomic E-state index is 13.3. The van der Waals surface area contributed by atoms with Crippen LogP contribution in [0.4, 0.5) is 22.1 Å². The van der Waals surface area contributed by atoms with Crippen molar-refractivity contribution in [3.8, 4) is 0 Å². The molecule has 1 saturated heterocycles. The second kappa shape index (κ2) is 9.32. The molecule has 0 aromatic heterocycles. The minimum absolute atomic E-state index is 0.143. The molecule has 0 aromatic rings. The fraction of sp³-hybridized carbons (Fsp3) is 0.900. The Morgan fingerprint density at radius 1 is 1.08 bits per heavy atom. The van der Waals surface area contributed by atoms with Gasteiger partial charge in [-0.25, -0.2) is 0 Å². The predicted octanol–water partition coefficient (Wildman–Crippen LogP) is 1.32. The number of hydrogen-bond acceptors (Lipinski definition) is 6. The summed E-state index contributed by atoms with van der Waals surface area (Å²) < 4.78 is 85.7. The average Bonchev–Trinajstić information content (AvgIpc) is 2.47. The lowest BCUT2D eigenvalue weighted by atomic mass is 10.2. The van der Waals surface area contributed by atoms with Crippen LogP contribution in [0.5, 0.6) is 0 Å². The Balaban J connectivity index is 2.56. The molecule has 0 spiro atoms. The molecule has 3 unspecified atom stereocenters. The van der Waals surface area contributed by atoms with Crippen molar-refractivity contribution < 1.29 is 48.3 Å². The fourth-order valence-electron chi connectivity index (χ4n) is 2.41. The number of halogens is 5. The molecule has 16 heteroatoms. The van der Waals surface area contributed by atoms with Crippen LogP contribution in [0.25, 0.3) is 0 Å². The monoisotopic (exact) mass is 459 g/mol. The summed E-state index contributed by atoms with van der Waals surface area (Å²) in [5.74, 6) is -7.29. The number of rotatable bonds is 6. The average molecular weight is 460 g/mol. The molecular formula is C10H22F5NO6Si4. The molecule has 1 heterocycles. The van der Waals surface area contributed by atoms with Crippen molar-refractivity contribution in [1.82, 2.24) is 5.32 Å². The van der Waals surface area contributed by atoms with Crippen LogP contribution in [-0.2, 0) is 26.2 Å². The minimum atomic E-state index is -5.84. The first-order valence-electron chi connectivity index (χ1n) is 7.83. The molecule has 1 aliphatic rings. The topological polar surface area (TPSA) is 75.3 Å². The van der Waals surface area contributed by atoms with Crippen molar-refractivity contribution in [2.75, 3.05) is 6.54 Å². The smallest absolute Gasteiger partial charge is 0.420 e. The van der Waals surface area contributed by atoms with Gasteiger partial charge in [-0.2, -0.15) is 17.6 Å². The first-order chi connectivity index (χ1) is 11.8. The van der Waals surface area contributed by atoms with E-state index in [0.29, 0.717) is 6.04 Å². The Kier molecular flexibility index (Phi) is 8.54. The van der Waals surface area contributed by atoms with E-state index in [1.165, 1.54) is 0 Å². The van der Waals surface area contributed by atoms with E-state index in [0.717, 1.165) is 0 Å². The molecule has 0 aliphatic carbocycles. The van der Waals surface area contributed by atoms with E-state index in [-0.39, 0.29) is 13.0 Å². The molecule has 26 heavy (non-hydrogen) atoms. The molecule has 7 nitrogen and oxygen atoms in total. The zero-order chi connectivity index (χ0) is 20.2. The summed E-state index contributed by atoms with van der Waals surface area (Å²) in [5, 5.41) is 1.67. The van der Waals surface area contributed by atoms with Gasteiger partial charge in [-0.05, 0) is 43.2 Å². The first-order valence-corrected chi connectivity index (χ1v) is 16.6. The highest BCUT2D eigenvalue weighted by Crippen LogP contribution is 2.35. The van der Waals surface area contributed by atoms with Crippen LogP contribution >= 0.6 is 0 Å². The molecule has 0 aromatic carbocycles. The van der Waals surface area contributed by atoms with E-state index in [4.69, 9.17) is 16.5 Å². The lowest BCUT2D eigenvalue weighted by Gasteiger charge is -2.37. The van der Waals surface area contributed by atoms with Crippen LogP contribution < -0.4 is 5.32 Å². The molecule has 154 valence electrons. The number of hydrogen-bond donors (Lipinski definition) is 1. The summed E-state index contributed by atoms with van der Waals surface area (Å²) in [6.07, 6.45) is -5.69. The van der Waals surface area contributed by atoms with Crippen LogP contribution in [0.3, 0.4) is 0 Å². The third-order valence-corrected chi connectivity index (χ3v) is 17.5. The SMILES string of the molecule is C[SiH]1O[SiH](C)O[Si](C)(CCCNC(=O)C(F)(OF)C(F)(F)F)O[SiH](C)O1. The van der Waals surface area contributed by atoms with E-state index < -0.39 is 54.4 Å². The molecule has 0 bridgehead atoms. The number of nitrogens with one attached hydrogen (secondary N) is 1. The Morgan fingerprint density at radius 2 is 1.58 bits per heavy atom. The predicted molar refractivity (Wildman–Crippen MR) is 89.5 cm³/mol. The summed E-state index contributed by atoms with van der Waals surface area (Å²) >= 11 is 0. The van der Waals surface area contributed by atoms with Gasteiger partial charge >= 0.3 is 20.6 Å². The quantitative estimate of drug-likeness (QED) is 0.367. The number of carbonyl (C=O) groups excluding carboxylic acids is 1. The van der Waals surface area contributed by atoms with E-state index in [1.807, 2.05) is 19.6 Å². The molecule has 0 saturated carbocycles. The van der Waals surface area contributed by atoms with E-state index >= 15 is 0 Å². The highest BCUT2D eigenvalue weighted by molar-refractivity contribution is 6.81. The number of amides is 1. The lowest BCUT2D eigenvalue weighted by Crippen LogP contribution is -2.55. The zero-order valence-electron chi connectivity index (χ0n) is 14.7. The highest BCUT2D eigenvalue weighted by atomic mass is 28.5. The van der Waals surface area contributed by atoms with Crippen LogP contribution in [0.1, 0.15) is 6.42 Å². The van der Waals surface area contributed by atoms with Crippen molar-refractivity contribution in [2.45, 2.75) is 50.7 Å². The molecule has 0 radical (unpaired) electrons. The third-order valence-electron chi connectivity index (χ3n) is 3.45. The van der Waals surface area contributed by atoms with Gasteiger partial charge in [0.2, 0.25) is 0 Å². The van der Waals surface area contributed by atoms with Crippen molar-refractivity contribution in [3.05, 3.63) is 0 Å². The van der Waals surface area contributed by atoms with E-state index in [2.05, 4.69) is 4.94 Å². The fourth-order valence-corrected chi connectivity index (χ4v) is 17.1. The van der Waals surface area contributed by atoms with Gasteiger partial charge in [0.15, 0.2) is 0 Å². The molecule has 1 fully saturated rings. The summed E-state index contributed by atoms with van der Waals surface area (Å²) in [6.45, 7) is 6.94. The van der Waals surface area contributed by atoms with Crippen LogP contribution in [0, 0.1) is 0 Å². The van der Waals surface area contributed by atoms with Crippen molar-refractivity contribution in [1.29, 1.82) is 0 Å². The Hall–Kier alpha value is -0.212. The number of carbonyl (C=O) groups is 1. The van der Waals surface area contributed by atoms with Gasteiger partial charge in [-0.1, -0.05) is 0 Å². The summed E-state index contributed by atoms with van der Waals surface area (Å²) in [6, 6.07) is 0.312. The molecule has 1 aliphatic heterocycles. The van der Waals surface area contributed by atoms with Gasteiger partial charge in [-0.15, -0.1) is 4.94 Å². The van der Waals surface area contributed by atoms with Crippen LogP contribution in [0.15, 0.2) is 0 Å². The van der Waals surface area contributed by atoms with Crippen LogP contribution in [-0.4, -0.2) is 60.9 Å². The summed E-state index contributed by atoms with van der Waals surface area (Å²) in [5.41, 5.74) is 0. The second-order valence-electron chi connectivity index (χ2n) is 5.87. The third kappa shape index (κ3) is 6.44. The molecular weight excluding hydrogens is 437 g/mol. The number of alkyl halides is 4. The van der Waals surface area contributed by atoms with Crippen molar-refractivity contribution >= 4 is 42.3 Å². The zero-order valence-corrected chi connectivity index (χ0v) is 19.2. The molecule has 1 N–H and O–H groups in total. The molecule has 3 atom stereocenters. The largest absolute Gasteiger partial charge is 0.461 e. The highest BCUT2D eigenvalue weighted by Gasteiger charge is 2.65. The second-order valence-corrected chi connectivity index (χ2v) is 16.1. The van der Waals surface area contributed by atoms with Crippen molar-refractivity contribution in [2.24, 2.45) is 0 Å². The van der Waals surface area contributed by atoms with Gasteiger partial charge in [0.05, 0.1) is 0 Å². The maximum Gasteiger partial charge on any atom is 0.461 e. The minimum Gasteiger partial charge on any atom is -0.420 e. The van der Waals surface area contributed by atoms with Gasteiger partial charge in [0, 0.05) is 6.54 Å². The summed E-state index contributed by atoms with van der Waals surface area (Å²) in [4.78, 5) is 13.5. The van der Waals surface area contributed by atoms with E-state index in [1.54, 1.807) is 11.9 Å². The normalized spacial score (nSPS) is 33.0. The van der Waals surface area contributed by atoms with Gasteiger partial charge in [0.25, 0.3) is 33.8 Å². The van der Waals surface area contributed by atoms with E-state index in [9.17, 15) is 26.9 Å². The maximum atomic E-state index is 13.3. The van der Waals surface area contributed by atoms with Gasteiger partial charge in [-0.3, -0.25) is 4.79 Å². The standard InChI is InChI=1S/C10H22F5NO6Si4/c1-23-19-24(2)21-26(4,22-25(3)20-23)7-5-6-16-8(17)9(11,18-15)10(12,13)14/h23-25H,5-7H2,1-4H3,(H,16,17).